The van der Waals surface area contributed by atoms with Crippen LogP contribution >= 0.6 is 11.6 Å². The molecule has 1 rings (SSSR count). The van der Waals surface area contributed by atoms with Gasteiger partial charge < -0.3 is 15.3 Å². The molecule has 0 aliphatic heterocycles. The Balaban J connectivity index is 2.68. The first kappa shape index (κ1) is 16.6. The van der Waals surface area contributed by atoms with Crippen LogP contribution in [0.25, 0.3) is 0 Å². The van der Waals surface area contributed by atoms with Gasteiger partial charge >= 0.3 is 5.97 Å². The van der Waals surface area contributed by atoms with Crippen LogP contribution in [0.3, 0.4) is 0 Å². The summed E-state index contributed by atoms with van der Waals surface area (Å²) in [4.78, 5) is 22.1. The minimum atomic E-state index is -1.06. The number of hydrogen-bond acceptors (Lipinski definition) is 4. The Morgan fingerprint density at radius 2 is 1.70 bits per heavy atom. The monoisotopic (exact) mass is 300 g/mol. The van der Waals surface area contributed by atoms with Crippen LogP contribution in [0.1, 0.15) is 41.3 Å². The molecule has 0 heterocycles. The van der Waals surface area contributed by atoms with Gasteiger partial charge in [-0.15, -0.1) is 11.6 Å². The summed E-state index contributed by atoms with van der Waals surface area (Å²) >= 11 is 5.49. The molecule has 0 saturated heterocycles. The first-order valence-electron chi connectivity index (χ1n) is 6.22. The van der Waals surface area contributed by atoms with E-state index in [1.54, 1.807) is 0 Å². The van der Waals surface area contributed by atoms with Crippen molar-refractivity contribution in [2.24, 2.45) is 0 Å². The van der Waals surface area contributed by atoms with Crippen molar-refractivity contribution in [1.29, 1.82) is 0 Å². The average Bonchev–Trinajstić information content (AvgIpc) is 2.44. The standard InChI is InChI=1S/C14H17ClO5/c15-8-7-12(17)14(20)10-3-1-9(2-4-10)11(16)5-6-13(18)19/h1-4,12,14,17,20H,5-8H2,(H,18,19). The highest BCUT2D eigenvalue weighted by atomic mass is 35.5. The molecule has 0 fully saturated rings. The highest BCUT2D eigenvalue weighted by Crippen LogP contribution is 2.20. The Morgan fingerprint density at radius 3 is 2.20 bits per heavy atom. The smallest absolute Gasteiger partial charge is 0.303 e. The Bertz CT molecular complexity index is 457. The fourth-order valence-electron chi connectivity index (χ4n) is 1.72. The average molecular weight is 301 g/mol. The number of aliphatic hydroxyl groups is 2. The molecule has 0 aliphatic carbocycles. The first-order valence-corrected chi connectivity index (χ1v) is 6.76. The zero-order valence-corrected chi connectivity index (χ0v) is 11.6. The summed E-state index contributed by atoms with van der Waals surface area (Å²) < 4.78 is 0. The summed E-state index contributed by atoms with van der Waals surface area (Å²) in [5, 5.41) is 28.0. The largest absolute Gasteiger partial charge is 0.481 e. The number of benzene rings is 1. The summed E-state index contributed by atoms with van der Waals surface area (Å²) in [5.74, 6) is -1.05. The lowest BCUT2D eigenvalue weighted by Gasteiger charge is -2.17. The third-order valence-electron chi connectivity index (χ3n) is 2.91. The van der Waals surface area contributed by atoms with Crippen molar-refractivity contribution in [3.05, 3.63) is 35.4 Å². The van der Waals surface area contributed by atoms with Gasteiger partial charge in [0.1, 0.15) is 6.10 Å². The molecule has 6 heteroatoms. The van der Waals surface area contributed by atoms with Crippen LogP contribution in [0.5, 0.6) is 0 Å². The lowest BCUT2D eigenvalue weighted by Crippen LogP contribution is -2.18. The van der Waals surface area contributed by atoms with Crippen molar-refractivity contribution in [3.63, 3.8) is 0 Å². The number of rotatable bonds is 8. The van der Waals surface area contributed by atoms with Gasteiger partial charge in [-0.3, -0.25) is 9.59 Å². The molecule has 0 aliphatic rings. The predicted molar refractivity (Wildman–Crippen MR) is 73.9 cm³/mol. The van der Waals surface area contributed by atoms with E-state index in [4.69, 9.17) is 16.7 Å². The van der Waals surface area contributed by atoms with Gasteiger partial charge in [-0.05, 0) is 12.0 Å². The second-order valence-corrected chi connectivity index (χ2v) is 4.81. The molecule has 2 unspecified atom stereocenters. The van der Waals surface area contributed by atoms with Crippen molar-refractivity contribution >= 4 is 23.4 Å². The molecule has 20 heavy (non-hydrogen) atoms. The molecule has 0 spiro atoms. The van der Waals surface area contributed by atoms with E-state index < -0.39 is 18.2 Å². The summed E-state index contributed by atoms with van der Waals surface area (Å²) in [6.07, 6.45) is -2.02. The number of Topliss-reactive ketones (excluding diaryl/α,β-unsaturated/α-hetero) is 1. The first-order chi connectivity index (χ1) is 9.45. The number of carboxylic acid groups (broad SMARTS) is 1. The summed E-state index contributed by atoms with van der Waals surface area (Å²) in [6, 6.07) is 6.10. The van der Waals surface area contributed by atoms with Gasteiger partial charge in [0.2, 0.25) is 0 Å². The number of ketones is 1. The minimum absolute atomic E-state index is 0.0634. The van der Waals surface area contributed by atoms with E-state index >= 15 is 0 Å². The van der Waals surface area contributed by atoms with Crippen molar-refractivity contribution < 1.29 is 24.9 Å². The molecular formula is C14H17ClO5. The highest BCUT2D eigenvalue weighted by molar-refractivity contribution is 6.17. The summed E-state index contributed by atoms with van der Waals surface area (Å²) in [5.41, 5.74) is 0.867. The van der Waals surface area contributed by atoms with Crippen LogP contribution in [0, 0.1) is 0 Å². The second kappa shape index (κ2) is 7.99. The number of carbonyl (C=O) groups is 2. The summed E-state index contributed by atoms with van der Waals surface area (Å²) in [6.45, 7) is 0. The maximum absolute atomic E-state index is 11.7. The van der Waals surface area contributed by atoms with Crippen LogP contribution in [0.15, 0.2) is 24.3 Å². The number of aliphatic carboxylic acids is 1. The van der Waals surface area contributed by atoms with Gasteiger partial charge in [-0.25, -0.2) is 0 Å². The minimum Gasteiger partial charge on any atom is -0.481 e. The normalized spacial score (nSPS) is 13.8. The van der Waals surface area contributed by atoms with Gasteiger partial charge in [-0.1, -0.05) is 24.3 Å². The molecule has 3 N–H and O–H groups in total. The molecule has 110 valence electrons. The van der Waals surface area contributed by atoms with E-state index in [1.165, 1.54) is 24.3 Å². The van der Waals surface area contributed by atoms with Crippen LogP contribution < -0.4 is 0 Å². The molecule has 1 aromatic carbocycles. The molecule has 1 aromatic rings. The third-order valence-corrected chi connectivity index (χ3v) is 3.13. The molecule has 5 nitrogen and oxygen atoms in total. The van der Waals surface area contributed by atoms with Gasteiger partial charge in [-0.2, -0.15) is 0 Å². The number of aliphatic hydroxyl groups excluding tert-OH is 2. The SMILES string of the molecule is O=C(O)CCC(=O)c1ccc(C(O)C(O)CCCl)cc1. The van der Waals surface area contributed by atoms with Gasteiger partial charge in [0.05, 0.1) is 12.5 Å². The second-order valence-electron chi connectivity index (χ2n) is 4.43. The van der Waals surface area contributed by atoms with E-state index in [0.717, 1.165) is 0 Å². The van der Waals surface area contributed by atoms with E-state index in [-0.39, 0.29) is 30.9 Å². The van der Waals surface area contributed by atoms with Gasteiger partial charge in [0, 0.05) is 17.9 Å². The van der Waals surface area contributed by atoms with Crippen molar-refractivity contribution in [1.82, 2.24) is 0 Å². The number of carboxylic acids is 1. The van der Waals surface area contributed by atoms with Crippen LogP contribution in [-0.4, -0.2) is 39.1 Å². The van der Waals surface area contributed by atoms with Crippen LogP contribution in [0.4, 0.5) is 0 Å². The fraction of sp³-hybridized carbons (Fsp3) is 0.429. The maximum atomic E-state index is 11.7. The Morgan fingerprint density at radius 1 is 1.10 bits per heavy atom. The maximum Gasteiger partial charge on any atom is 0.303 e. The number of hydrogen-bond donors (Lipinski definition) is 3. The molecule has 0 amide bonds. The predicted octanol–water partition coefficient (Wildman–Crippen LogP) is 1.76. The van der Waals surface area contributed by atoms with Crippen molar-refractivity contribution in [2.75, 3.05) is 5.88 Å². The van der Waals surface area contributed by atoms with E-state index in [2.05, 4.69) is 0 Å². The zero-order valence-electron chi connectivity index (χ0n) is 10.8. The van der Waals surface area contributed by atoms with Gasteiger partial charge in [0.25, 0.3) is 0 Å². The molecule has 2 atom stereocenters. The zero-order chi connectivity index (χ0) is 15.1. The lowest BCUT2D eigenvalue weighted by atomic mass is 9.99. The molecular weight excluding hydrogens is 284 g/mol. The fourth-order valence-corrected chi connectivity index (χ4v) is 1.95. The molecule has 0 aromatic heterocycles. The van der Waals surface area contributed by atoms with Crippen LogP contribution in [-0.2, 0) is 4.79 Å². The van der Waals surface area contributed by atoms with E-state index in [9.17, 15) is 19.8 Å². The van der Waals surface area contributed by atoms with Crippen molar-refractivity contribution in [2.45, 2.75) is 31.5 Å². The van der Waals surface area contributed by atoms with E-state index in [0.29, 0.717) is 11.1 Å². The van der Waals surface area contributed by atoms with Crippen molar-refractivity contribution in [3.8, 4) is 0 Å². The number of alkyl halides is 1. The molecule has 0 radical (unpaired) electrons. The Kier molecular flexibility index (Phi) is 6.64. The molecule has 0 saturated carbocycles. The molecule has 0 bridgehead atoms. The number of halogens is 1. The van der Waals surface area contributed by atoms with E-state index in [1.807, 2.05) is 0 Å². The highest BCUT2D eigenvalue weighted by Gasteiger charge is 2.18. The summed E-state index contributed by atoms with van der Waals surface area (Å²) in [7, 11) is 0. The van der Waals surface area contributed by atoms with Crippen LogP contribution in [0.2, 0.25) is 0 Å². The Hall–Kier alpha value is -1.43. The third kappa shape index (κ3) is 4.92. The Labute approximate surface area is 121 Å². The topological polar surface area (TPSA) is 94.8 Å². The number of carbonyl (C=O) groups excluding carboxylic acids is 1. The van der Waals surface area contributed by atoms with Gasteiger partial charge in [0.15, 0.2) is 5.78 Å². The quantitative estimate of drug-likeness (QED) is 0.502. The lowest BCUT2D eigenvalue weighted by molar-refractivity contribution is -0.136.